The highest BCUT2D eigenvalue weighted by Crippen LogP contribution is 2.20. The van der Waals surface area contributed by atoms with Gasteiger partial charge in [-0.05, 0) is 23.8 Å². The van der Waals surface area contributed by atoms with Gasteiger partial charge in [-0.1, -0.05) is 48.8 Å². The molecule has 0 spiro atoms. The summed E-state index contributed by atoms with van der Waals surface area (Å²) < 4.78 is 0.995. The first-order chi connectivity index (χ1) is 9.86. The van der Waals surface area contributed by atoms with Gasteiger partial charge in [0.15, 0.2) is 5.69 Å². The van der Waals surface area contributed by atoms with Crippen molar-refractivity contribution in [2.75, 3.05) is 0 Å². The molecule has 6 heteroatoms. The van der Waals surface area contributed by atoms with E-state index in [1.165, 1.54) is 0 Å². The number of carbonyl (C=O) groups excluding carboxylic acids is 1. The molecule has 21 heavy (non-hydrogen) atoms. The Hall–Kier alpha value is -1.95. The molecule has 1 aromatic carbocycles. The lowest BCUT2D eigenvalue weighted by Gasteiger charge is -2.14. The second-order valence-electron chi connectivity index (χ2n) is 5.67. The van der Waals surface area contributed by atoms with Gasteiger partial charge in [-0.3, -0.25) is 9.89 Å². The van der Waals surface area contributed by atoms with Crippen LogP contribution in [0.2, 0.25) is 0 Å². The molecule has 0 saturated heterocycles. The van der Waals surface area contributed by atoms with E-state index in [1.807, 2.05) is 45.0 Å². The highest BCUT2D eigenvalue weighted by molar-refractivity contribution is 9.10. The van der Waals surface area contributed by atoms with Crippen LogP contribution in [0.1, 0.15) is 42.5 Å². The number of hydrazone groups is 1. The molecule has 1 amide bonds. The van der Waals surface area contributed by atoms with Crippen LogP contribution in [0.25, 0.3) is 0 Å². The van der Waals surface area contributed by atoms with Crippen molar-refractivity contribution in [2.45, 2.75) is 26.2 Å². The molecule has 0 atom stereocenters. The maximum Gasteiger partial charge on any atom is 0.291 e. The zero-order chi connectivity index (χ0) is 15.5. The molecule has 0 aliphatic carbocycles. The van der Waals surface area contributed by atoms with Crippen molar-refractivity contribution in [3.8, 4) is 0 Å². The molecule has 0 aliphatic heterocycles. The van der Waals surface area contributed by atoms with Crippen molar-refractivity contribution in [1.29, 1.82) is 0 Å². The smallest absolute Gasteiger partial charge is 0.281 e. The standard InChI is InChI=1S/C15H17BrN4O/c1-15(2,3)13-8-12(18-19-13)14(21)20-17-9-10-4-6-11(16)7-5-10/h4-9H,1-3H3,(H,18,19)(H,20,21)/b17-9-. The summed E-state index contributed by atoms with van der Waals surface area (Å²) in [6.07, 6.45) is 1.58. The molecular formula is C15H17BrN4O. The van der Waals surface area contributed by atoms with Crippen LogP contribution in [-0.2, 0) is 5.41 Å². The summed E-state index contributed by atoms with van der Waals surface area (Å²) in [7, 11) is 0. The maximum atomic E-state index is 11.9. The first-order valence-electron chi connectivity index (χ1n) is 6.51. The normalized spacial score (nSPS) is 11.8. The fourth-order valence-corrected chi connectivity index (χ4v) is 1.86. The minimum absolute atomic E-state index is 0.0772. The molecule has 1 heterocycles. The van der Waals surface area contributed by atoms with E-state index in [2.05, 4.69) is 36.7 Å². The predicted molar refractivity (Wildman–Crippen MR) is 86.5 cm³/mol. The molecule has 2 N–H and O–H groups in total. The molecule has 0 bridgehead atoms. The number of nitrogens with one attached hydrogen (secondary N) is 2. The van der Waals surface area contributed by atoms with Gasteiger partial charge in [0.05, 0.1) is 6.21 Å². The number of H-pyrrole nitrogens is 1. The van der Waals surface area contributed by atoms with E-state index in [4.69, 9.17) is 0 Å². The van der Waals surface area contributed by atoms with E-state index in [9.17, 15) is 4.79 Å². The fraction of sp³-hybridized carbons (Fsp3) is 0.267. The molecule has 5 nitrogen and oxygen atoms in total. The Morgan fingerprint density at radius 2 is 2.00 bits per heavy atom. The molecule has 0 radical (unpaired) electrons. The second-order valence-corrected chi connectivity index (χ2v) is 6.58. The van der Waals surface area contributed by atoms with Crippen molar-refractivity contribution in [1.82, 2.24) is 15.6 Å². The quantitative estimate of drug-likeness (QED) is 0.660. The van der Waals surface area contributed by atoms with Gasteiger partial charge in [-0.25, -0.2) is 5.43 Å². The fourth-order valence-electron chi connectivity index (χ4n) is 1.59. The SMILES string of the molecule is CC(C)(C)c1cc(C(=O)N/N=C\c2ccc(Br)cc2)n[nH]1. The van der Waals surface area contributed by atoms with Gasteiger partial charge >= 0.3 is 0 Å². The molecular weight excluding hydrogens is 332 g/mol. The minimum atomic E-state index is -0.338. The third kappa shape index (κ3) is 4.26. The lowest BCUT2D eigenvalue weighted by molar-refractivity contribution is 0.0950. The maximum absolute atomic E-state index is 11.9. The third-order valence-corrected chi connectivity index (χ3v) is 3.40. The number of benzene rings is 1. The largest absolute Gasteiger partial charge is 0.291 e. The number of carbonyl (C=O) groups is 1. The summed E-state index contributed by atoms with van der Waals surface area (Å²) in [6.45, 7) is 6.15. The van der Waals surface area contributed by atoms with E-state index < -0.39 is 0 Å². The number of rotatable bonds is 3. The lowest BCUT2D eigenvalue weighted by atomic mass is 9.92. The topological polar surface area (TPSA) is 70.1 Å². The van der Waals surface area contributed by atoms with Gasteiger partial charge < -0.3 is 0 Å². The molecule has 0 fully saturated rings. The monoisotopic (exact) mass is 348 g/mol. The zero-order valence-corrected chi connectivity index (χ0v) is 13.7. The summed E-state index contributed by atoms with van der Waals surface area (Å²) in [5, 5.41) is 10.8. The Morgan fingerprint density at radius 3 is 2.57 bits per heavy atom. The summed E-state index contributed by atoms with van der Waals surface area (Å²) >= 11 is 3.36. The third-order valence-electron chi connectivity index (χ3n) is 2.87. The average Bonchev–Trinajstić information content (AvgIpc) is 2.90. The van der Waals surface area contributed by atoms with Crippen LogP contribution in [0.4, 0.5) is 0 Å². The van der Waals surface area contributed by atoms with Crippen LogP contribution in [0.5, 0.6) is 0 Å². The first-order valence-corrected chi connectivity index (χ1v) is 7.30. The number of halogens is 1. The summed E-state index contributed by atoms with van der Waals surface area (Å²) in [5.74, 6) is -0.338. The highest BCUT2D eigenvalue weighted by atomic mass is 79.9. The number of hydrogen-bond acceptors (Lipinski definition) is 3. The number of hydrogen-bond donors (Lipinski definition) is 2. The molecule has 2 aromatic rings. The van der Waals surface area contributed by atoms with E-state index in [1.54, 1.807) is 12.3 Å². The van der Waals surface area contributed by atoms with Crippen molar-refractivity contribution in [2.24, 2.45) is 5.10 Å². The molecule has 0 unspecified atom stereocenters. The number of aromatic nitrogens is 2. The zero-order valence-electron chi connectivity index (χ0n) is 12.1. The summed E-state index contributed by atoms with van der Waals surface area (Å²) in [4.78, 5) is 11.9. The Kier molecular flexibility index (Phi) is 4.57. The van der Waals surface area contributed by atoms with Gasteiger partial charge in [0, 0.05) is 15.6 Å². The predicted octanol–water partition coefficient (Wildman–Crippen LogP) is 3.23. The van der Waals surface area contributed by atoms with Gasteiger partial charge in [-0.2, -0.15) is 10.2 Å². The van der Waals surface area contributed by atoms with Gasteiger partial charge in [0.25, 0.3) is 5.91 Å². The van der Waals surface area contributed by atoms with Gasteiger partial charge in [-0.15, -0.1) is 0 Å². The number of amides is 1. The van der Waals surface area contributed by atoms with Crippen LogP contribution in [0.15, 0.2) is 39.9 Å². The average molecular weight is 349 g/mol. The molecule has 110 valence electrons. The minimum Gasteiger partial charge on any atom is -0.281 e. The van der Waals surface area contributed by atoms with Crippen LogP contribution < -0.4 is 5.43 Å². The van der Waals surface area contributed by atoms with Crippen molar-refractivity contribution >= 4 is 28.1 Å². The summed E-state index contributed by atoms with van der Waals surface area (Å²) in [5.41, 5.74) is 4.52. The second kappa shape index (κ2) is 6.22. The lowest BCUT2D eigenvalue weighted by Crippen LogP contribution is -2.18. The first kappa shape index (κ1) is 15.4. The van der Waals surface area contributed by atoms with Gasteiger partial charge in [0.1, 0.15) is 0 Å². The Bertz CT molecular complexity index is 653. The van der Waals surface area contributed by atoms with Crippen molar-refractivity contribution < 1.29 is 4.79 Å². The van der Waals surface area contributed by atoms with Crippen molar-refractivity contribution in [3.05, 3.63) is 51.8 Å². The molecule has 2 rings (SSSR count). The van der Waals surface area contributed by atoms with E-state index >= 15 is 0 Å². The van der Waals surface area contributed by atoms with Crippen LogP contribution >= 0.6 is 15.9 Å². The van der Waals surface area contributed by atoms with E-state index in [0.717, 1.165) is 15.7 Å². The molecule has 1 aromatic heterocycles. The molecule has 0 aliphatic rings. The Balaban J connectivity index is 1.98. The van der Waals surface area contributed by atoms with Gasteiger partial charge in [0.2, 0.25) is 0 Å². The van der Waals surface area contributed by atoms with Crippen LogP contribution in [0, 0.1) is 0 Å². The van der Waals surface area contributed by atoms with Crippen LogP contribution in [-0.4, -0.2) is 22.3 Å². The van der Waals surface area contributed by atoms with Crippen LogP contribution in [0.3, 0.4) is 0 Å². The van der Waals surface area contributed by atoms with E-state index in [-0.39, 0.29) is 11.3 Å². The number of aromatic amines is 1. The molecule has 0 saturated carbocycles. The van der Waals surface area contributed by atoms with E-state index in [0.29, 0.717) is 5.69 Å². The summed E-state index contributed by atoms with van der Waals surface area (Å²) in [6, 6.07) is 9.35. The van der Waals surface area contributed by atoms with Crippen molar-refractivity contribution in [3.63, 3.8) is 0 Å². The Labute approximate surface area is 132 Å². The highest BCUT2D eigenvalue weighted by Gasteiger charge is 2.18. The Morgan fingerprint density at radius 1 is 1.33 bits per heavy atom. The number of nitrogens with zero attached hydrogens (tertiary/aromatic N) is 2.